The number of rotatable bonds is 4. The van der Waals surface area contributed by atoms with E-state index in [1.165, 1.54) is 16.7 Å². The van der Waals surface area contributed by atoms with Crippen LogP contribution in [0.3, 0.4) is 0 Å². The zero-order chi connectivity index (χ0) is 16.5. The lowest BCUT2D eigenvalue weighted by molar-refractivity contribution is 0.112. The normalized spacial score (nSPS) is 10.5. The van der Waals surface area contributed by atoms with Gasteiger partial charge in [0.1, 0.15) is 6.61 Å². The summed E-state index contributed by atoms with van der Waals surface area (Å²) in [5, 5.41) is 0.467. The molecular weight excluding hydrogens is 295 g/mol. The number of aryl methyl sites for hydroxylation is 3. The predicted molar refractivity (Wildman–Crippen MR) is 91.3 cm³/mol. The van der Waals surface area contributed by atoms with Crippen molar-refractivity contribution in [2.75, 3.05) is 6.61 Å². The first kappa shape index (κ1) is 18.2. The van der Waals surface area contributed by atoms with Crippen LogP contribution in [0.15, 0.2) is 42.5 Å². The molecule has 116 valence electrons. The maximum Gasteiger partial charge on any atom is 0.549 e. The lowest BCUT2D eigenvalue weighted by Gasteiger charge is -1.96. The highest BCUT2D eigenvalue weighted by Gasteiger charge is 2.24. The van der Waals surface area contributed by atoms with E-state index in [1.807, 2.05) is 0 Å². The molecule has 1 atom stereocenters. The number of hydrogen-bond donors (Lipinski definition) is 0. The first-order valence-electron chi connectivity index (χ1n) is 7.17. The van der Waals surface area contributed by atoms with Gasteiger partial charge in [-0.05, 0) is 44.4 Å². The lowest BCUT2D eigenvalue weighted by Crippen LogP contribution is -2.05. The molecule has 0 bridgehead atoms. The minimum absolute atomic E-state index is 0.377. The fourth-order valence-corrected chi connectivity index (χ4v) is 3.06. The average Bonchev–Trinajstić information content (AvgIpc) is 2.46. The molecule has 0 aliphatic heterocycles. The maximum atomic E-state index is 11.4. The Morgan fingerprint density at radius 1 is 1.00 bits per heavy atom. The van der Waals surface area contributed by atoms with Crippen LogP contribution < -0.4 is 5.30 Å². The Morgan fingerprint density at radius 3 is 1.95 bits per heavy atom. The summed E-state index contributed by atoms with van der Waals surface area (Å²) in [6.45, 7) is 8.51. The molecule has 2 aromatic rings. The van der Waals surface area contributed by atoms with Gasteiger partial charge in [-0.15, -0.1) is 4.52 Å². The Labute approximate surface area is 133 Å². The summed E-state index contributed by atoms with van der Waals surface area (Å²) in [5.74, 6) is 0. The van der Waals surface area contributed by atoms with Gasteiger partial charge in [0.05, 0.1) is 5.56 Å². The van der Waals surface area contributed by atoms with Crippen molar-refractivity contribution in [3.05, 3.63) is 64.7 Å². The molecule has 2 rings (SSSR count). The molecule has 0 aliphatic rings. The molecule has 1 unspecified atom stereocenters. The molecule has 0 heterocycles. The Kier molecular flexibility index (Phi) is 7.65. The third-order valence-electron chi connectivity index (χ3n) is 2.87. The fraction of sp³-hybridized carbons (Fsp3) is 0.278. The summed E-state index contributed by atoms with van der Waals surface area (Å²) in [7, 11) is -1.88. The molecule has 2 aromatic carbocycles. The standard InChI is InChI=1S/C9H10O3P.C9H12/c1-2-12-13(11)9-6-4-3-5-8(9)7-10;1-7-4-8(2)6-9(3)5-7/h3-7H,2H2,1H3;4-6H,1-3H3/q+1;. The van der Waals surface area contributed by atoms with E-state index in [0.29, 0.717) is 23.8 Å². The predicted octanol–water partition coefficient (Wildman–Crippen LogP) is 4.52. The second-order valence-electron chi connectivity index (χ2n) is 5.02. The molecule has 0 N–H and O–H groups in total. The van der Waals surface area contributed by atoms with Gasteiger partial charge in [-0.3, -0.25) is 4.79 Å². The summed E-state index contributed by atoms with van der Waals surface area (Å²) in [4.78, 5) is 10.6. The van der Waals surface area contributed by atoms with Crippen LogP contribution in [0.5, 0.6) is 0 Å². The highest BCUT2D eigenvalue weighted by atomic mass is 31.1. The molecule has 0 aromatic heterocycles. The van der Waals surface area contributed by atoms with E-state index in [4.69, 9.17) is 4.52 Å². The molecule has 0 saturated carbocycles. The van der Waals surface area contributed by atoms with Gasteiger partial charge in [0.2, 0.25) is 5.30 Å². The van der Waals surface area contributed by atoms with Gasteiger partial charge in [0.25, 0.3) is 0 Å². The number of benzene rings is 2. The quantitative estimate of drug-likeness (QED) is 0.615. The Morgan fingerprint density at radius 2 is 1.50 bits per heavy atom. The second-order valence-corrected chi connectivity index (χ2v) is 6.27. The third-order valence-corrected chi connectivity index (χ3v) is 4.17. The van der Waals surface area contributed by atoms with Crippen LogP contribution >= 0.6 is 8.03 Å². The highest BCUT2D eigenvalue weighted by Crippen LogP contribution is 2.22. The number of aldehydes is 1. The smallest absolute Gasteiger partial charge is 0.298 e. The van der Waals surface area contributed by atoms with Gasteiger partial charge in [0, 0.05) is 0 Å². The van der Waals surface area contributed by atoms with E-state index < -0.39 is 8.03 Å². The van der Waals surface area contributed by atoms with Gasteiger partial charge in [0.15, 0.2) is 6.29 Å². The van der Waals surface area contributed by atoms with Gasteiger partial charge >= 0.3 is 8.03 Å². The van der Waals surface area contributed by atoms with Crippen LogP contribution in [0.25, 0.3) is 0 Å². The average molecular weight is 317 g/mol. The van der Waals surface area contributed by atoms with Crippen molar-refractivity contribution in [3.63, 3.8) is 0 Å². The molecule has 3 nitrogen and oxygen atoms in total. The van der Waals surface area contributed by atoms with Gasteiger partial charge < -0.3 is 0 Å². The van der Waals surface area contributed by atoms with Crippen molar-refractivity contribution >= 4 is 19.6 Å². The van der Waals surface area contributed by atoms with Crippen molar-refractivity contribution in [3.8, 4) is 0 Å². The Hall–Kier alpha value is -1.83. The van der Waals surface area contributed by atoms with Crippen LogP contribution in [0, 0.1) is 20.8 Å². The zero-order valence-electron chi connectivity index (χ0n) is 13.5. The van der Waals surface area contributed by atoms with Gasteiger partial charge in [-0.1, -0.05) is 47.0 Å². The summed E-state index contributed by atoms with van der Waals surface area (Å²) < 4.78 is 16.3. The van der Waals surface area contributed by atoms with Crippen molar-refractivity contribution in [2.45, 2.75) is 27.7 Å². The topological polar surface area (TPSA) is 43.4 Å². The molecule has 0 saturated heterocycles. The number of carbonyl (C=O) groups is 1. The Bertz CT molecular complexity index is 600. The van der Waals surface area contributed by atoms with Crippen molar-refractivity contribution in [2.24, 2.45) is 0 Å². The molecule has 0 fully saturated rings. The van der Waals surface area contributed by atoms with Gasteiger partial charge in [-0.2, -0.15) is 0 Å². The summed E-state index contributed by atoms with van der Waals surface area (Å²) >= 11 is 0. The minimum Gasteiger partial charge on any atom is -0.298 e. The monoisotopic (exact) mass is 317 g/mol. The SMILES string of the molecule is CCO[P+](=O)c1ccccc1C=O.Cc1cc(C)cc(C)c1. The maximum absolute atomic E-state index is 11.4. The van der Waals surface area contributed by atoms with Crippen LogP contribution in [0.2, 0.25) is 0 Å². The van der Waals surface area contributed by atoms with E-state index in [-0.39, 0.29) is 0 Å². The second kappa shape index (κ2) is 9.24. The summed E-state index contributed by atoms with van der Waals surface area (Å²) in [6.07, 6.45) is 0.682. The van der Waals surface area contributed by atoms with Crippen LogP contribution in [0.1, 0.15) is 34.0 Å². The molecule has 0 radical (unpaired) electrons. The first-order valence-corrected chi connectivity index (χ1v) is 8.35. The molecule has 4 heteroatoms. The molecule has 0 amide bonds. The van der Waals surface area contributed by atoms with E-state index >= 15 is 0 Å². The van der Waals surface area contributed by atoms with Crippen LogP contribution in [-0.4, -0.2) is 12.9 Å². The van der Waals surface area contributed by atoms with Crippen molar-refractivity contribution < 1.29 is 13.9 Å². The van der Waals surface area contributed by atoms with Gasteiger partial charge in [-0.25, -0.2) is 0 Å². The molecule has 0 spiro atoms. The number of carbonyl (C=O) groups excluding carboxylic acids is 1. The Balaban J connectivity index is 0.000000235. The molecule has 22 heavy (non-hydrogen) atoms. The largest absolute Gasteiger partial charge is 0.549 e. The van der Waals surface area contributed by atoms with E-state index in [0.717, 1.165) is 0 Å². The molecular formula is C18H22O3P+. The number of hydrogen-bond acceptors (Lipinski definition) is 3. The van der Waals surface area contributed by atoms with E-state index in [9.17, 15) is 9.36 Å². The lowest BCUT2D eigenvalue weighted by atomic mass is 10.1. The summed E-state index contributed by atoms with van der Waals surface area (Å²) in [6, 6.07) is 13.3. The zero-order valence-corrected chi connectivity index (χ0v) is 14.4. The highest BCUT2D eigenvalue weighted by molar-refractivity contribution is 7.48. The minimum atomic E-state index is -1.88. The summed E-state index contributed by atoms with van der Waals surface area (Å²) in [5.41, 5.74) is 4.49. The first-order chi connectivity index (χ1) is 10.5. The molecule has 0 aliphatic carbocycles. The van der Waals surface area contributed by atoms with Crippen molar-refractivity contribution in [1.82, 2.24) is 0 Å². The van der Waals surface area contributed by atoms with Crippen molar-refractivity contribution in [1.29, 1.82) is 0 Å². The van der Waals surface area contributed by atoms with Crippen LogP contribution in [0.4, 0.5) is 0 Å². The van der Waals surface area contributed by atoms with E-state index in [1.54, 1.807) is 31.2 Å². The fourth-order valence-electron chi connectivity index (χ4n) is 2.14. The third kappa shape index (κ3) is 5.88. The van der Waals surface area contributed by atoms with Crippen LogP contribution in [-0.2, 0) is 9.09 Å². The van der Waals surface area contributed by atoms with E-state index in [2.05, 4.69) is 39.0 Å².